The first-order valence-corrected chi connectivity index (χ1v) is 3.82. The van der Waals surface area contributed by atoms with Gasteiger partial charge in [0.05, 0.1) is 0 Å². The van der Waals surface area contributed by atoms with Crippen molar-refractivity contribution >= 4 is 0 Å². The molecule has 2 aliphatic rings. The van der Waals surface area contributed by atoms with Crippen LogP contribution in [0.15, 0.2) is 0 Å². The lowest BCUT2D eigenvalue weighted by Gasteiger charge is -2.26. The second kappa shape index (κ2) is 1.96. The molecule has 52 valence electrons. The van der Waals surface area contributed by atoms with Crippen LogP contribution in [0.3, 0.4) is 0 Å². The van der Waals surface area contributed by atoms with Crippen LogP contribution in [0.5, 0.6) is 0 Å². The van der Waals surface area contributed by atoms with Crippen molar-refractivity contribution in [1.82, 2.24) is 4.90 Å². The van der Waals surface area contributed by atoms with Gasteiger partial charge in [-0.3, -0.25) is 0 Å². The van der Waals surface area contributed by atoms with Gasteiger partial charge in [0.25, 0.3) is 0 Å². The van der Waals surface area contributed by atoms with Crippen LogP contribution in [-0.4, -0.2) is 30.6 Å². The molecule has 1 unspecified atom stereocenters. The molecule has 2 heteroatoms. The lowest BCUT2D eigenvalue weighted by atomic mass is 9.98. The van der Waals surface area contributed by atoms with Gasteiger partial charge < -0.3 is 10.6 Å². The molecule has 0 spiro atoms. The third-order valence-electron chi connectivity index (χ3n) is 2.50. The molecule has 2 N–H and O–H groups in total. The van der Waals surface area contributed by atoms with E-state index in [1.807, 2.05) is 0 Å². The average Bonchev–Trinajstić information content (AvgIpc) is 2.11. The number of hydrogen-bond donors (Lipinski definition) is 1. The molecule has 0 aliphatic carbocycles. The predicted octanol–water partition coefficient (Wildman–Crippen LogP) is 0.0393. The lowest BCUT2D eigenvalue weighted by Crippen LogP contribution is -2.41. The second-order valence-corrected chi connectivity index (χ2v) is 3.41. The summed E-state index contributed by atoms with van der Waals surface area (Å²) in [7, 11) is 0. The average molecular weight is 126 g/mol. The van der Waals surface area contributed by atoms with Gasteiger partial charge in [-0.25, -0.2) is 0 Å². The largest absolute Gasteiger partial charge is 0.327 e. The number of nitrogens with two attached hydrogens (primary N) is 1. The molecule has 0 saturated carbocycles. The van der Waals surface area contributed by atoms with Crippen LogP contribution in [0.2, 0.25) is 0 Å². The van der Waals surface area contributed by atoms with Crippen LogP contribution in [0.25, 0.3) is 0 Å². The van der Waals surface area contributed by atoms with Crippen LogP contribution in [0.1, 0.15) is 12.8 Å². The van der Waals surface area contributed by atoms with E-state index >= 15 is 0 Å². The SMILES string of the molecule is N[C@@H]1C[C@@H]2CCN(C1)C2. The second-order valence-electron chi connectivity index (χ2n) is 3.41. The molecule has 9 heavy (non-hydrogen) atoms. The summed E-state index contributed by atoms with van der Waals surface area (Å²) >= 11 is 0. The Morgan fingerprint density at radius 2 is 2.22 bits per heavy atom. The van der Waals surface area contributed by atoms with E-state index < -0.39 is 0 Å². The fourth-order valence-electron chi connectivity index (χ4n) is 2.11. The third-order valence-corrected chi connectivity index (χ3v) is 2.50. The Balaban J connectivity index is 2.03. The van der Waals surface area contributed by atoms with E-state index in [9.17, 15) is 0 Å². The van der Waals surface area contributed by atoms with Crippen LogP contribution in [-0.2, 0) is 0 Å². The van der Waals surface area contributed by atoms with Crippen molar-refractivity contribution in [3.05, 3.63) is 0 Å². The van der Waals surface area contributed by atoms with Crippen LogP contribution >= 0.6 is 0 Å². The Kier molecular flexibility index (Phi) is 1.24. The smallest absolute Gasteiger partial charge is 0.0170 e. The number of fused-ring (bicyclic) bond motifs is 2. The molecule has 2 aliphatic heterocycles. The van der Waals surface area contributed by atoms with E-state index in [0.29, 0.717) is 6.04 Å². The molecule has 0 aromatic heterocycles. The summed E-state index contributed by atoms with van der Waals surface area (Å²) in [5.41, 5.74) is 5.81. The fraction of sp³-hybridized carbons (Fsp3) is 1.00. The molecule has 0 amide bonds. The fourth-order valence-corrected chi connectivity index (χ4v) is 2.11. The zero-order valence-electron chi connectivity index (χ0n) is 5.71. The number of nitrogens with zero attached hydrogens (tertiary/aromatic N) is 1. The maximum Gasteiger partial charge on any atom is 0.0170 e. The van der Waals surface area contributed by atoms with Gasteiger partial charge in [-0.05, 0) is 25.3 Å². The molecule has 3 atom stereocenters. The topological polar surface area (TPSA) is 29.3 Å². The van der Waals surface area contributed by atoms with Crippen molar-refractivity contribution in [2.75, 3.05) is 19.6 Å². The zero-order chi connectivity index (χ0) is 6.27. The van der Waals surface area contributed by atoms with Crippen molar-refractivity contribution in [2.24, 2.45) is 11.7 Å². The van der Waals surface area contributed by atoms with E-state index in [0.717, 1.165) is 12.5 Å². The first kappa shape index (κ1) is 5.69. The summed E-state index contributed by atoms with van der Waals surface area (Å²) in [4.78, 5) is 2.48. The summed E-state index contributed by atoms with van der Waals surface area (Å²) in [6, 6.07) is 0.478. The summed E-state index contributed by atoms with van der Waals surface area (Å²) in [5, 5.41) is 0. The van der Waals surface area contributed by atoms with Crippen LogP contribution in [0, 0.1) is 5.92 Å². The Morgan fingerprint density at radius 3 is 3.00 bits per heavy atom. The molecular formula is C7H14N2. The maximum absolute atomic E-state index is 5.81. The van der Waals surface area contributed by atoms with E-state index in [-0.39, 0.29) is 0 Å². The van der Waals surface area contributed by atoms with Crippen molar-refractivity contribution in [1.29, 1.82) is 0 Å². The third kappa shape index (κ3) is 0.970. The summed E-state index contributed by atoms with van der Waals surface area (Å²) in [6.07, 6.45) is 2.67. The van der Waals surface area contributed by atoms with E-state index in [4.69, 9.17) is 5.73 Å². The summed E-state index contributed by atoms with van der Waals surface area (Å²) in [5.74, 6) is 0.939. The van der Waals surface area contributed by atoms with E-state index in [2.05, 4.69) is 4.90 Å². The van der Waals surface area contributed by atoms with Gasteiger partial charge in [-0.1, -0.05) is 0 Å². The van der Waals surface area contributed by atoms with Gasteiger partial charge in [-0.15, -0.1) is 0 Å². The standard InChI is InChI=1S/C7H14N2/c8-7-3-6-1-2-9(4-6)5-7/h6-7H,1-5,8H2/t6-,7+/m0/s1. The van der Waals surface area contributed by atoms with Gasteiger partial charge in [0, 0.05) is 19.1 Å². The Bertz CT molecular complexity index is 101. The number of piperidine rings is 1. The van der Waals surface area contributed by atoms with Gasteiger partial charge in [0.15, 0.2) is 0 Å². The normalized spacial score (nSPS) is 49.7. The van der Waals surface area contributed by atoms with Crippen LogP contribution in [0.4, 0.5) is 0 Å². The molecule has 0 radical (unpaired) electrons. The van der Waals surface area contributed by atoms with Crippen LogP contribution < -0.4 is 5.73 Å². The minimum atomic E-state index is 0.478. The number of rotatable bonds is 0. The van der Waals surface area contributed by atoms with Crippen molar-refractivity contribution in [3.63, 3.8) is 0 Å². The quantitative estimate of drug-likeness (QED) is 0.496. The molecule has 0 aromatic rings. The summed E-state index contributed by atoms with van der Waals surface area (Å²) < 4.78 is 0. The molecule has 2 fully saturated rings. The van der Waals surface area contributed by atoms with E-state index in [1.54, 1.807) is 0 Å². The van der Waals surface area contributed by atoms with Gasteiger partial charge in [0.2, 0.25) is 0 Å². The highest BCUT2D eigenvalue weighted by Gasteiger charge is 2.29. The molecular weight excluding hydrogens is 112 g/mol. The summed E-state index contributed by atoms with van der Waals surface area (Å²) in [6.45, 7) is 3.78. The molecule has 0 aromatic carbocycles. The monoisotopic (exact) mass is 126 g/mol. The molecule has 2 saturated heterocycles. The van der Waals surface area contributed by atoms with E-state index in [1.165, 1.54) is 25.9 Å². The predicted molar refractivity (Wildman–Crippen MR) is 37.1 cm³/mol. The molecule has 2 bridgehead atoms. The minimum Gasteiger partial charge on any atom is -0.327 e. The molecule has 2 rings (SSSR count). The van der Waals surface area contributed by atoms with Crippen molar-refractivity contribution < 1.29 is 0 Å². The highest BCUT2D eigenvalue weighted by molar-refractivity contribution is 4.86. The zero-order valence-corrected chi connectivity index (χ0v) is 5.71. The Labute approximate surface area is 56.0 Å². The first-order valence-electron chi connectivity index (χ1n) is 3.82. The highest BCUT2D eigenvalue weighted by atomic mass is 15.2. The lowest BCUT2D eigenvalue weighted by molar-refractivity contribution is 0.244. The molecule has 2 heterocycles. The maximum atomic E-state index is 5.81. The van der Waals surface area contributed by atoms with Crippen molar-refractivity contribution in [3.8, 4) is 0 Å². The Hall–Kier alpha value is -0.0800. The highest BCUT2D eigenvalue weighted by Crippen LogP contribution is 2.25. The Morgan fingerprint density at radius 1 is 1.33 bits per heavy atom. The van der Waals surface area contributed by atoms with Gasteiger partial charge in [-0.2, -0.15) is 0 Å². The van der Waals surface area contributed by atoms with Crippen molar-refractivity contribution in [2.45, 2.75) is 18.9 Å². The first-order chi connectivity index (χ1) is 4.34. The molecule has 2 nitrogen and oxygen atoms in total. The minimum absolute atomic E-state index is 0.478. The van der Waals surface area contributed by atoms with Gasteiger partial charge in [0.1, 0.15) is 0 Å². The number of hydrogen-bond acceptors (Lipinski definition) is 2. The van der Waals surface area contributed by atoms with Gasteiger partial charge >= 0.3 is 0 Å².